The number of carbonyl (C=O) groups is 1. The van der Waals surface area contributed by atoms with Gasteiger partial charge in [0.1, 0.15) is 5.82 Å². The van der Waals surface area contributed by atoms with E-state index in [1.807, 2.05) is 59.3 Å². The van der Waals surface area contributed by atoms with Crippen LogP contribution in [0.25, 0.3) is 5.69 Å². The number of para-hydroxylation sites is 1. The number of hydrogen-bond acceptors (Lipinski definition) is 5. The zero-order chi connectivity index (χ0) is 16.1. The number of nitrogens with zero attached hydrogens (tertiary/aromatic N) is 3. The van der Waals surface area contributed by atoms with E-state index in [-0.39, 0.29) is 5.91 Å². The molecule has 3 aromatic rings. The lowest BCUT2D eigenvalue weighted by Crippen LogP contribution is -2.24. The first-order chi connectivity index (χ1) is 11.2. The van der Waals surface area contributed by atoms with E-state index in [1.165, 1.54) is 11.8 Å². The van der Waals surface area contributed by atoms with Crippen molar-refractivity contribution in [2.24, 2.45) is 0 Å². The molecule has 0 fully saturated rings. The highest BCUT2D eigenvalue weighted by Gasteiger charge is 2.13. The first kappa shape index (κ1) is 15.8. The maximum absolute atomic E-state index is 12.0. The maximum Gasteiger partial charge on any atom is 0.230 e. The van der Waals surface area contributed by atoms with Gasteiger partial charge in [-0.1, -0.05) is 36.0 Å². The Morgan fingerprint density at radius 3 is 2.78 bits per heavy atom. The summed E-state index contributed by atoms with van der Waals surface area (Å²) in [5.74, 6) is 1.11. The molecule has 0 radical (unpaired) electrons. The Bertz CT molecular complexity index is 769. The van der Waals surface area contributed by atoms with Crippen molar-refractivity contribution in [3.63, 3.8) is 0 Å². The molecule has 0 aliphatic carbocycles. The lowest BCUT2D eigenvalue weighted by Gasteiger charge is -2.08. The van der Waals surface area contributed by atoms with Crippen LogP contribution >= 0.6 is 23.1 Å². The molecule has 7 heteroatoms. The summed E-state index contributed by atoms with van der Waals surface area (Å²) < 4.78 is 1.96. The number of rotatable bonds is 6. The molecule has 3 rings (SSSR count). The van der Waals surface area contributed by atoms with Crippen LogP contribution in [0.1, 0.15) is 10.7 Å². The minimum atomic E-state index is -0.0105. The van der Waals surface area contributed by atoms with Crippen molar-refractivity contribution in [3.8, 4) is 5.69 Å². The zero-order valence-corrected chi connectivity index (χ0v) is 14.2. The first-order valence-corrected chi connectivity index (χ1v) is 9.00. The quantitative estimate of drug-likeness (QED) is 0.698. The van der Waals surface area contributed by atoms with E-state index in [9.17, 15) is 4.79 Å². The molecule has 0 aliphatic heterocycles. The number of aryl methyl sites for hydroxylation is 1. The monoisotopic (exact) mass is 344 g/mol. The molecule has 0 bridgehead atoms. The van der Waals surface area contributed by atoms with E-state index < -0.39 is 0 Å². The molecule has 5 nitrogen and oxygen atoms in total. The molecule has 2 aromatic heterocycles. The van der Waals surface area contributed by atoms with Crippen molar-refractivity contribution in [3.05, 3.63) is 58.5 Å². The summed E-state index contributed by atoms with van der Waals surface area (Å²) in [5.41, 5.74) is 0.997. The van der Waals surface area contributed by atoms with Crippen molar-refractivity contribution in [1.82, 2.24) is 20.1 Å². The maximum atomic E-state index is 12.0. The summed E-state index contributed by atoms with van der Waals surface area (Å²) in [6.45, 7) is 2.47. The number of thiophene rings is 1. The van der Waals surface area contributed by atoms with E-state index in [4.69, 9.17) is 0 Å². The zero-order valence-electron chi connectivity index (χ0n) is 12.6. The van der Waals surface area contributed by atoms with Crippen LogP contribution in [0.2, 0.25) is 0 Å². The van der Waals surface area contributed by atoms with Gasteiger partial charge in [-0.2, -0.15) is 0 Å². The van der Waals surface area contributed by atoms with Crippen molar-refractivity contribution >= 4 is 29.0 Å². The van der Waals surface area contributed by atoms with Crippen LogP contribution in [-0.2, 0) is 11.3 Å². The number of nitrogens with one attached hydrogen (secondary N) is 1. The topological polar surface area (TPSA) is 59.8 Å². The molecule has 23 heavy (non-hydrogen) atoms. The van der Waals surface area contributed by atoms with Crippen molar-refractivity contribution in [1.29, 1.82) is 0 Å². The Hall–Kier alpha value is -2.12. The lowest BCUT2D eigenvalue weighted by molar-refractivity contribution is -0.118. The third-order valence-corrected chi connectivity index (χ3v) is 4.99. The Morgan fingerprint density at radius 2 is 2.04 bits per heavy atom. The molecular weight excluding hydrogens is 328 g/mol. The molecule has 0 unspecified atom stereocenters. The van der Waals surface area contributed by atoms with Gasteiger partial charge in [0.2, 0.25) is 5.91 Å². The van der Waals surface area contributed by atoms with Gasteiger partial charge in [-0.25, -0.2) is 0 Å². The fraction of sp³-hybridized carbons (Fsp3) is 0.188. The van der Waals surface area contributed by atoms with Gasteiger partial charge in [0.05, 0.1) is 12.3 Å². The van der Waals surface area contributed by atoms with Crippen molar-refractivity contribution < 1.29 is 4.79 Å². The number of amides is 1. The van der Waals surface area contributed by atoms with Gasteiger partial charge in [-0.05, 0) is 30.5 Å². The third kappa shape index (κ3) is 4.00. The van der Waals surface area contributed by atoms with Crippen LogP contribution in [0.15, 0.2) is 53.0 Å². The van der Waals surface area contributed by atoms with Gasteiger partial charge in [0, 0.05) is 10.6 Å². The van der Waals surface area contributed by atoms with E-state index in [1.54, 1.807) is 11.3 Å². The highest BCUT2D eigenvalue weighted by molar-refractivity contribution is 7.99. The van der Waals surface area contributed by atoms with Crippen LogP contribution in [0.3, 0.4) is 0 Å². The molecule has 118 valence electrons. The summed E-state index contributed by atoms with van der Waals surface area (Å²) in [5, 5.41) is 13.9. The van der Waals surface area contributed by atoms with Crippen molar-refractivity contribution in [2.45, 2.75) is 18.6 Å². The average Bonchev–Trinajstić information content (AvgIpc) is 3.21. The van der Waals surface area contributed by atoms with E-state index in [2.05, 4.69) is 15.5 Å². The molecule has 0 saturated heterocycles. The molecule has 1 amide bonds. The van der Waals surface area contributed by atoms with Crippen LogP contribution in [-0.4, -0.2) is 26.4 Å². The summed E-state index contributed by atoms with van der Waals surface area (Å²) in [6, 6.07) is 13.9. The molecule has 0 aliphatic rings. The van der Waals surface area contributed by atoms with E-state index in [0.717, 1.165) is 21.5 Å². The van der Waals surface area contributed by atoms with E-state index >= 15 is 0 Å². The minimum absolute atomic E-state index is 0.0105. The predicted octanol–water partition coefficient (Wildman–Crippen LogP) is 3.05. The Balaban J connectivity index is 1.61. The molecule has 0 saturated carbocycles. The number of hydrogen-bond donors (Lipinski definition) is 1. The summed E-state index contributed by atoms with van der Waals surface area (Å²) in [6.07, 6.45) is 0. The molecule has 0 spiro atoms. The van der Waals surface area contributed by atoms with Crippen molar-refractivity contribution in [2.75, 3.05) is 5.75 Å². The van der Waals surface area contributed by atoms with Gasteiger partial charge in [-0.3, -0.25) is 9.36 Å². The third-order valence-electron chi connectivity index (χ3n) is 3.18. The first-order valence-electron chi connectivity index (χ1n) is 7.13. The van der Waals surface area contributed by atoms with E-state index in [0.29, 0.717) is 12.3 Å². The summed E-state index contributed by atoms with van der Waals surface area (Å²) in [4.78, 5) is 13.1. The molecule has 1 aromatic carbocycles. The smallest absolute Gasteiger partial charge is 0.230 e. The van der Waals surface area contributed by atoms with Crippen LogP contribution < -0.4 is 5.32 Å². The second kappa shape index (κ2) is 7.43. The van der Waals surface area contributed by atoms with Gasteiger partial charge >= 0.3 is 0 Å². The molecule has 1 N–H and O–H groups in total. The largest absolute Gasteiger partial charge is 0.350 e. The lowest BCUT2D eigenvalue weighted by atomic mass is 10.3. The predicted molar refractivity (Wildman–Crippen MR) is 93.0 cm³/mol. The second-order valence-corrected chi connectivity index (χ2v) is 6.82. The SMILES string of the molecule is Cc1nnc(SCC(=O)NCc2cccs2)n1-c1ccccc1. The number of thioether (sulfide) groups is 1. The normalized spacial score (nSPS) is 10.7. The van der Waals surface area contributed by atoms with Gasteiger partial charge in [-0.15, -0.1) is 21.5 Å². The van der Waals surface area contributed by atoms with Crippen LogP contribution in [0.5, 0.6) is 0 Å². The second-order valence-electron chi connectivity index (χ2n) is 4.85. The number of aromatic nitrogens is 3. The van der Waals surface area contributed by atoms with Gasteiger partial charge in [0.25, 0.3) is 0 Å². The van der Waals surface area contributed by atoms with Crippen LogP contribution in [0, 0.1) is 6.92 Å². The Kier molecular flexibility index (Phi) is 5.09. The average molecular weight is 344 g/mol. The summed E-state index contributed by atoms with van der Waals surface area (Å²) >= 11 is 3.02. The highest BCUT2D eigenvalue weighted by atomic mass is 32.2. The Labute approximate surface area is 142 Å². The summed E-state index contributed by atoms with van der Waals surface area (Å²) in [7, 11) is 0. The highest BCUT2D eigenvalue weighted by Crippen LogP contribution is 2.21. The minimum Gasteiger partial charge on any atom is -0.350 e. The molecule has 0 atom stereocenters. The molecule has 2 heterocycles. The van der Waals surface area contributed by atoms with Gasteiger partial charge < -0.3 is 5.32 Å². The fourth-order valence-corrected chi connectivity index (χ4v) is 3.56. The fourth-order valence-electron chi connectivity index (χ4n) is 2.09. The number of benzene rings is 1. The van der Waals surface area contributed by atoms with Crippen LogP contribution in [0.4, 0.5) is 0 Å². The number of carbonyl (C=O) groups excluding carboxylic acids is 1. The van der Waals surface area contributed by atoms with Gasteiger partial charge in [0.15, 0.2) is 5.16 Å². The molecular formula is C16H16N4OS2. The standard InChI is InChI=1S/C16H16N4OS2/c1-12-18-19-16(20(12)13-6-3-2-4-7-13)23-11-15(21)17-10-14-8-5-9-22-14/h2-9H,10-11H2,1H3,(H,17,21). The Morgan fingerprint density at radius 1 is 1.22 bits per heavy atom.